The van der Waals surface area contributed by atoms with Gasteiger partial charge in [0.2, 0.25) is 0 Å². The number of nitrogens with one attached hydrogen (secondary N) is 1. The number of fused-ring (bicyclic) bond motifs is 1. The minimum absolute atomic E-state index is 0.0648. The standard InChI is InChI=1S/C15H24N4O3S/c1-5-6-7-8-19-11-12(18(4)14(22)17-13(11)21)16-15(19)23-10(3)9(2)20/h10-12H,5-8H2,1-4H3,(H,17,21,22). The van der Waals surface area contributed by atoms with Gasteiger partial charge >= 0.3 is 6.03 Å². The molecule has 3 atom stereocenters. The van der Waals surface area contributed by atoms with Crippen LogP contribution in [0.25, 0.3) is 0 Å². The van der Waals surface area contributed by atoms with Crippen molar-refractivity contribution < 1.29 is 14.4 Å². The Bertz CT molecular complexity index is 537. The Morgan fingerprint density at radius 3 is 2.70 bits per heavy atom. The normalized spacial score (nSPS) is 25.1. The summed E-state index contributed by atoms with van der Waals surface area (Å²) in [5.74, 6) is -0.251. The summed E-state index contributed by atoms with van der Waals surface area (Å²) in [5, 5.41) is 2.82. The third kappa shape index (κ3) is 3.68. The molecule has 2 aliphatic rings. The number of imide groups is 1. The molecule has 2 heterocycles. The average Bonchev–Trinajstić information content (AvgIpc) is 2.84. The molecule has 0 radical (unpaired) electrons. The number of unbranched alkanes of at least 4 members (excludes halogenated alkanes) is 2. The highest BCUT2D eigenvalue weighted by Gasteiger charge is 2.48. The van der Waals surface area contributed by atoms with Crippen molar-refractivity contribution in [3.63, 3.8) is 0 Å². The first-order valence-electron chi connectivity index (χ1n) is 7.96. The van der Waals surface area contributed by atoms with Gasteiger partial charge in [-0.3, -0.25) is 14.9 Å². The van der Waals surface area contributed by atoms with Crippen LogP contribution in [0.2, 0.25) is 0 Å². The van der Waals surface area contributed by atoms with Gasteiger partial charge in [-0.05, 0) is 20.3 Å². The van der Waals surface area contributed by atoms with Crippen LogP contribution in [0, 0.1) is 0 Å². The predicted molar refractivity (Wildman–Crippen MR) is 90.3 cm³/mol. The van der Waals surface area contributed by atoms with Crippen molar-refractivity contribution >= 4 is 34.7 Å². The summed E-state index contributed by atoms with van der Waals surface area (Å²) in [5.41, 5.74) is 0. The van der Waals surface area contributed by atoms with Crippen LogP contribution < -0.4 is 5.32 Å². The maximum atomic E-state index is 12.3. The van der Waals surface area contributed by atoms with E-state index < -0.39 is 18.2 Å². The topological polar surface area (TPSA) is 82.1 Å². The average molecular weight is 340 g/mol. The number of Topliss-reactive ketones (excluding diaryl/α,β-unsaturated/α-hetero) is 1. The molecule has 128 valence electrons. The van der Waals surface area contributed by atoms with E-state index in [0.29, 0.717) is 11.7 Å². The fraction of sp³-hybridized carbons (Fsp3) is 0.733. The van der Waals surface area contributed by atoms with Gasteiger partial charge in [-0.2, -0.15) is 0 Å². The molecule has 0 spiro atoms. The molecule has 0 saturated carbocycles. The molecule has 2 aliphatic heterocycles. The highest BCUT2D eigenvalue weighted by Crippen LogP contribution is 2.30. The lowest BCUT2D eigenvalue weighted by Gasteiger charge is -2.36. The maximum Gasteiger partial charge on any atom is 0.325 e. The van der Waals surface area contributed by atoms with E-state index in [0.717, 1.165) is 19.3 Å². The molecular formula is C15H24N4O3S. The van der Waals surface area contributed by atoms with Gasteiger partial charge in [0, 0.05) is 13.6 Å². The second-order valence-electron chi connectivity index (χ2n) is 5.95. The molecule has 0 aromatic rings. The van der Waals surface area contributed by atoms with Crippen molar-refractivity contribution in [2.45, 2.75) is 57.5 Å². The predicted octanol–water partition coefficient (Wildman–Crippen LogP) is 1.44. The number of urea groups is 1. The van der Waals surface area contributed by atoms with E-state index in [-0.39, 0.29) is 16.9 Å². The van der Waals surface area contributed by atoms with E-state index in [2.05, 4.69) is 17.2 Å². The zero-order chi connectivity index (χ0) is 17.1. The summed E-state index contributed by atoms with van der Waals surface area (Å²) in [4.78, 5) is 43.6. The summed E-state index contributed by atoms with van der Waals surface area (Å²) >= 11 is 1.36. The van der Waals surface area contributed by atoms with Crippen molar-refractivity contribution in [3.8, 4) is 0 Å². The molecule has 23 heavy (non-hydrogen) atoms. The van der Waals surface area contributed by atoms with Crippen LogP contribution in [0.15, 0.2) is 4.99 Å². The quantitative estimate of drug-likeness (QED) is 0.740. The van der Waals surface area contributed by atoms with E-state index in [1.54, 1.807) is 14.0 Å². The number of rotatable bonds is 6. The molecule has 0 aliphatic carbocycles. The fourth-order valence-corrected chi connectivity index (χ4v) is 3.60. The number of hydrogen-bond donors (Lipinski definition) is 1. The number of carbonyl (C=O) groups is 3. The van der Waals surface area contributed by atoms with Crippen LogP contribution >= 0.6 is 11.8 Å². The van der Waals surface area contributed by atoms with Crippen molar-refractivity contribution in [2.75, 3.05) is 13.6 Å². The number of ketones is 1. The minimum Gasteiger partial charge on any atom is -0.336 e. The molecular weight excluding hydrogens is 316 g/mol. The lowest BCUT2D eigenvalue weighted by atomic mass is 10.1. The third-order valence-electron chi connectivity index (χ3n) is 4.18. The first kappa shape index (κ1) is 17.8. The van der Waals surface area contributed by atoms with Crippen molar-refractivity contribution in [2.24, 2.45) is 4.99 Å². The van der Waals surface area contributed by atoms with Gasteiger partial charge in [0.05, 0.1) is 5.25 Å². The smallest absolute Gasteiger partial charge is 0.325 e. The monoisotopic (exact) mass is 340 g/mol. The Kier molecular flexibility index (Phi) is 5.67. The number of hydrogen-bond acceptors (Lipinski definition) is 6. The number of aliphatic imine (C=N–C) groups is 1. The van der Waals surface area contributed by atoms with E-state index >= 15 is 0 Å². The number of likely N-dealkylation sites (N-methyl/N-ethyl adjacent to an activating group) is 1. The summed E-state index contributed by atoms with van der Waals surface area (Å²) in [7, 11) is 1.63. The van der Waals surface area contributed by atoms with Crippen LogP contribution in [-0.4, -0.2) is 63.7 Å². The first-order chi connectivity index (χ1) is 10.9. The van der Waals surface area contributed by atoms with Crippen LogP contribution in [-0.2, 0) is 9.59 Å². The lowest BCUT2D eigenvalue weighted by Crippen LogP contribution is -2.63. The molecule has 8 heteroatoms. The second kappa shape index (κ2) is 7.33. The largest absolute Gasteiger partial charge is 0.336 e. The van der Waals surface area contributed by atoms with Crippen LogP contribution in [0.3, 0.4) is 0 Å². The molecule has 1 N–H and O–H groups in total. The molecule has 3 unspecified atom stereocenters. The number of amides is 3. The minimum atomic E-state index is -0.514. The summed E-state index contributed by atoms with van der Waals surface area (Å²) in [6.45, 7) is 6.19. The highest BCUT2D eigenvalue weighted by molar-refractivity contribution is 8.14. The van der Waals surface area contributed by atoms with E-state index in [1.807, 2.05) is 11.8 Å². The zero-order valence-corrected chi connectivity index (χ0v) is 14.9. The van der Waals surface area contributed by atoms with Crippen LogP contribution in [0.4, 0.5) is 4.79 Å². The second-order valence-corrected chi connectivity index (χ2v) is 7.25. The van der Waals surface area contributed by atoms with Crippen LogP contribution in [0.5, 0.6) is 0 Å². The summed E-state index contributed by atoms with van der Waals surface area (Å²) in [6, 6.07) is -0.935. The Labute approximate surface area is 140 Å². The van der Waals surface area contributed by atoms with Crippen molar-refractivity contribution in [3.05, 3.63) is 0 Å². The number of amidine groups is 1. The molecule has 3 amide bonds. The van der Waals surface area contributed by atoms with Gasteiger partial charge in [-0.15, -0.1) is 0 Å². The Hall–Kier alpha value is -1.57. The van der Waals surface area contributed by atoms with Gasteiger partial charge in [0.15, 0.2) is 17.4 Å². The van der Waals surface area contributed by atoms with Crippen molar-refractivity contribution in [1.29, 1.82) is 0 Å². The molecule has 2 rings (SSSR count). The van der Waals surface area contributed by atoms with Gasteiger partial charge in [-0.25, -0.2) is 9.79 Å². The van der Waals surface area contributed by atoms with E-state index in [4.69, 9.17) is 0 Å². The molecule has 7 nitrogen and oxygen atoms in total. The van der Waals surface area contributed by atoms with Gasteiger partial charge in [-0.1, -0.05) is 31.5 Å². The lowest BCUT2D eigenvalue weighted by molar-refractivity contribution is -0.127. The third-order valence-corrected chi connectivity index (χ3v) is 5.42. The van der Waals surface area contributed by atoms with E-state index in [9.17, 15) is 14.4 Å². The summed E-state index contributed by atoms with van der Waals surface area (Å²) < 4.78 is 0. The zero-order valence-electron chi connectivity index (χ0n) is 14.0. The first-order valence-corrected chi connectivity index (χ1v) is 8.84. The SMILES string of the molecule is CCCCCN1C(SC(C)C(C)=O)=NC2C1C(=O)NC(=O)N2C. The summed E-state index contributed by atoms with van der Waals surface area (Å²) in [6.07, 6.45) is 2.57. The molecule has 0 aromatic carbocycles. The van der Waals surface area contributed by atoms with E-state index in [1.165, 1.54) is 16.7 Å². The highest BCUT2D eigenvalue weighted by atomic mass is 32.2. The molecule has 1 saturated heterocycles. The maximum absolute atomic E-state index is 12.3. The molecule has 0 bridgehead atoms. The fourth-order valence-electron chi connectivity index (χ4n) is 2.61. The Morgan fingerprint density at radius 2 is 2.09 bits per heavy atom. The number of carbonyl (C=O) groups excluding carboxylic acids is 3. The number of thioether (sulfide) groups is 1. The van der Waals surface area contributed by atoms with Gasteiger partial charge in [0.1, 0.15) is 5.78 Å². The molecule has 0 aromatic heterocycles. The molecule has 1 fully saturated rings. The van der Waals surface area contributed by atoms with Gasteiger partial charge in [0.25, 0.3) is 5.91 Å². The van der Waals surface area contributed by atoms with Crippen LogP contribution in [0.1, 0.15) is 40.0 Å². The van der Waals surface area contributed by atoms with Crippen molar-refractivity contribution in [1.82, 2.24) is 15.1 Å². The Balaban J connectivity index is 2.23. The Morgan fingerprint density at radius 1 is 1.39 bits per heavy atom. The number of nitrogens with zero attached hydrogens (tertiary/aromatic N) is 3. The van der Waals surface area contributed by atoms with Gasteiger partial charge < -0.3 is 9.80 Å².